The van der Waals surface area contributed by atoms with E-state index in [4.69, 9.17) is 10.5 Å². The molecule has 1 aromatic carbocycles. The second-order valence-corrected chi connectivity index (χ2v) is 4.90. The van der Waals surface area contributed by atoms with Crippen LogP contribution in [0.2, 0.25) is 0 Å². The molecule has 0 heterocycles. The lowest BCUT2D eigenvalue weighted by Gasteiger charge is -2.09. The second kappa shape index (κ2) is 7.09. The Morgan fingerprint density at radius 2 is 2.16 bits per heavy atom. The summed E-state index contributed by atoms with van der Waals surface area (Å²) in [5.41, 5.74) is 6.49. The van der Waals surface area contributed by atoms with Crippen LogP contribution in [0.5, 0.6) is 0 Å². The van der Waals surface area contributed by atoms with E-state index in [-0.39, 0.29) is 17.2 Å². The molecule has 0 radical (unpaired) electrons. The number of hydrogen-bond acceptors (Lipinski definition) is 3. The minimum absolute atomic E-state index is 0.226. The normalized spacial score (nSPS) is 10.8. The monoisotopic (exact) mass is 268 g/mol. The summed E-state index contributed by atoms with van der Waals surface area (Å²) in [5, 5.41) is 2.66. The van der Waals surface area contributed by atoms with Crippen LogP contribution in [0, 0.1) is 18.7 Å². The molecule has 0 aliphatic carbocycles. The summed E-state index contributed by atoms with van der Waals surface area (Å²) in [5.74, 6) is -0.360. The van der Waals surface area contributed by atoms with Crippen molar-refractivity contribution < 1.29 is 13.9 Å². The molecular formula is C14H21FN2O2. The fourth-order valence-corrected chi connectivity index (χ4v) is 1.49. The molecule has 1 amide bonds. The Balaban J connectivity index is 2.46. The van der Waals surface area contributed by atoms with Crippen LogP contribution in [0.4, 0.5) is 10.1 Å². The van der Waals surface area contributed by atoms with Gasteiger partial charge < -0.3 is 15.8 Å². The summed E-state index contributed by atoms with van der Waals surface area (Å²) >= 11 is 0. The first-order valence-electron chi connectivity index (χ1n) is 6.33. The molecule has 1 rings (SSSR count). The summed E-state index contributed by atoms with van der Waals surface area (Å²) < 4.78 is 18.8. The fraction of sp³-hybridized carbons (Fsp3) is 0.500. The van der Waals surface area contributed by atoms with Gasteiger partial charge in [-0.1, -0.05) is 13.8 Å². The largest absolute Gasteiger partial charge is 0.398 e. The Kier molecular flexibility index (Phi) is 5.76. The molecule has 0 bridgehead atoms. The summed E-state index contributed by atoms with van der Waals surface area (Å²) in [7, 11) is 0. The summed E-state index contributed by atoms with van der Waals surface area (Å²) in [6.07, 6.45) is 0. The van der Waals surface area contributed by atoms with Gasteiger partial charge in [-0.3, -0.25) is 4.79 Å². The molecule has 0 spiro atoms. The van der Waals surface area contributed by atoms with Gasteiger partial charge in [-0.05, 0) is 25.0 Å². The highest BCUT2D eigenvalue weighted by Crippen LogP contribution is 2.17. The van der Waals surface area contributed by atoms with Crippen LogP contribution in [0.25, 0.3) is 0 Å². The molecule has 1 aromatic rings. The third-order valence-corrected chi connectivity index (χ3v) is 2.63. The van der Waals surface area contributed by atoms with Gasteiger partial charge in [0.05, 0.1) is 6.61 Å². The number of nitrogens with one attached hydrogen (secondary N) is 1. The third-order valence-electron chi connectivity index (χ3n) is 2.63. The number of nitrogens with two attached hydrogens (primary N) is 1. The zero-order valence-electron chi connectivity index (χ0n) is 11.6. The van der Waals surface area contributed by atoms with E-state index in [9.17, 15) is 9.18 Å². The lowest BCUT2D eigenvalue weighted by atomic mass is 10.1. The molecule has 0 saturated carbocycles. The van der Waals surface area contributed by atoms with E-state index in [0.717, 1.165) is 0 Å². The molecule has 4 nitrogen and oxygen atoms in total. The van der Waals surface area contributed by atoms with Crippen LogP contribution in [-0.2, 0) is 4.74 Å². The molecule has 5 heteroatoms. The van der Waals surface area contributed by atoms with E-state index in [1.807, 2.05) is 0 Å². The molecule has 19 heavy (non-hydrogen) atoms. The lowest BCUT2D eigenvalue weighted by Crippen LogP contribution is -2.28. The molecule has 0 atom stereocenters. The molecular weight excluding hydrogens is 247 g/mol. The standard InChI is InChI=1S/C14H21FN2O2/c1-9(2)8-19-5-4-17-14(18)11-6-12(15)10(3)13(16)7-11/h6-7,9H,4-5,8,16H2,1-3H3,(H,17,18). The quantitative estimate of drug-likeness (QED) is 0.613. The van der Waals surface area contributed by atoms with E-state index in [2.05, 4.69) is 19.2 Å². The second-order valence-electron chi connectivity index (χ2n) is 4.90. The molecule has 3 N–H and O–H groups in total. The van der Waals surface area contributed by atoms with Crippen molar-refractivity contribution in [3.05, 3.63) is 29.1 Å². The van der Waals surface area contributed by atoms with Crippen molar-refractivity contribution in [2.24, 2.45) is 5.92 Å². The lowest BCUT2D eigenvalue weighted by molar-refractivity contribution is 0.0886. The molecule has 106 valence electrons. The van der Waals surface area contributed by atoms with E-state index >= 15 is 0 Å². The van der Waals surface area contributed by atoms with Gasteiger partial charge in [0, 0.05) is 30.0 Å². The number of amides is 1. The molecule has 0 aliphatic rings. The highest BCUT2D eigenvalue weighted by molar-refractivity contribution is 5.95. The van der Waals surface area contributed by atoms with Crippen LogP contribution in [0.15, 0.2) is 12.1 Å². The summed E-state index contributed by atoms with van der Waals surface area (Å²) in [6, 6.07) is 2.67. The zero-order valence-corrected chi connectivity index (χ0v) is 11.6. The fourth-order valence-electron chi connectivity index (χ4n) is 1.49. The van der Waals surface area contributed by atoms with Gasteiger partial charge in [0.2, 0.25) is 0 Å². The van der Waals surface area contributed by atoms with Crippen molar-refractivity contribution in [3.8, 4) is 0 Å². The van der Waals surface area contributed by atoms with Crippen molar-refractivity contribution in [1.82, 2.24) is 5.32 Å². The number of hydrogen-bond donors (Lipinski definition) is 2. The van der Waals surface area contributed by atoms with E-state index in [1.54, 1.807) is 6.92 Å². The van der Waals surface area contributed by atoms with E-state index in [1.165, 1.54) is 12.1 Å². The number of carbonyl (C=O) groups is 1. The minimum atomic E-state index is -0.471. The third kappa shape index (κ3) is 4.87. The Labute approximate surface area is 113 Å². The van der Waals surface area contributed by atoms with Crippen molar-refractivity contribution in [2.45, 2.75) is 20.8 Å². The van der Waals surface area contributed by atoms with Gasteiger partial charge in [0.25, 0.3) is 5.91 Å². The van der Waals surface area contributed by atoms with Crippen LogP contribution in [0.3, 0.4) is 0 Å². The Morgan fingerprint density at radius 3 is 2.74 bits per heavy atom. The van der Waals surface area contributed by atoms with Crippen molar-refractivity contribution >= 4 is 11.6 Å². The first-order valence-corrected chi connectivity index (χ1v) is 6.33. The number of benzene rings is 1. The highest BCUT2D eigenvalue weighted by atomic mass is 19.1. The molecule has 0 aromatic heterocycles. The van der Waals surface area contributed by atoms with Crippen LogP contribution >= 0.6 is 0 Å². The average molecular weight is 268 g/mol. The highest BCUT2D eigenvalue weighted by Gasteiger charge is 2.10. The first kappa shape index (κ1) is 15.4. The van der Waals surface area contributed by atoms with Gasteiger partial charge in [0.15, 0.2) is 0 Å². The van der Waals surface area contributed by atoms with Crippen LogP contribution in [-0.4, -0.2) is 25.7 Å². The SMILES string of the molecule is Cc1c(N)cc(C(=O)NCCOCC(C)C)cc1F. The van der Waals surface area contributed by atoms with Crippen molar-refractivity contribution in [3.63, 3.8) is 0 Å². The van der Waals surface area contributed by atoms with E-state index < -0.39 is 5.82 Å². The Morgan fingerprint density at radius 1 is 1.47 bits per heavy atom. The smallest absolute Gasteiger partial charge is 0.251 e. The predicted octanol–water partition coefficient (Wildman–Crippen LogP) is 2.12. The van der Waals surface area contributed by atoms with Gasteiger partial charge in [0.1, 0.15) is 5.82 Å². The van der Waals surface area contributed by atoms with Gasteiger partial charge in [-0.2, -0.15) is 0 Å². The Bertz CT molecular complexity index is 424. The maximum Gasteiger partial charge on any atom is 0.251 e. The maximum atomic E-state index is 13.4. The topological polar surface area (TPSA) is 64.4 Å². The van der Waals surface area contributed by atoms with Gasteiger partial charge in [-0.25, -0.2) is 4.39 Å². The van der Waals surface area contributed by atoms with Crippen LogP contribution < -0.4 is 11.1 Å². The summed E-state index contributed by atoms with van der Waals surface area (Å²) in [4.78, 5) is 11.8. The van der Waals surface area contributed by atoms with Gasteiger partial charge in [-0.15, -0.1) is 0 Å². The number of anilines is 1. The number of halogens is 1. The maximum absolute atomic E-state index is 13.4. The van der Waals surface area contributed by atoms with Crippen molar-refractivity contribution in [2.75, 3.05) is 25.5 Å². The number of rotatable bonds is 6. The summed E-state index contributed by atoms with van der Waals surface area (Å²) in [6.45, 7) is 7.16. The predicted molar refractivity (Wildman–Crippen MR) is 73.5 cm³/mol. The zero-order chi connectivity index (χ0) is 14.4. The first-order chi connectivity index (χ1) is 8.91. The molecule has 0 fully saturated rings. The van der Waals surface area contributed by atoms with Crippen LogP contribution in [0.1, 0.15) is 29.8 Å². The minimum Gasteiger partial charge on any atom is -0.398 e. The average Bonchev–Trinajstić information content (AvgIpc) is 2.34. The van der Waals surface area contributed by atoms with Crippen molar-refractivity contribution in [1.29, 1.82) is 0 Å². The molecule has 0 aliphatic heterocycles. The molecule has 0 saturated heterocycles. The number of carbonyl (C=O) groups excluding carboxylic acids is 1. The molecule has 0 unspecified atom stereocenters. The Hall–Kier alpha value is -1.62. The number of ether oxygens (including phenoxy) is 1. The van der Waals surface area contributed by atoms with E-state index in [0.29, 0.717) is 31.2 Å². The van der Waals surface area contributed by atoms with Gasteiger partial charge >= 0.3 is 0 Å². The number of nitrogen functional groups attached to an aromatic ring is 1.